The molecule has 1 aromatic carbocycles. The Bertz CT molecular complexity index is 921. The maximum absolute atomic E-state index is 11.8. The SMILES string of the molecule is COc1cccc(-c2ncc(N3CC4(OC(=O)C(=O)O4)N4CCC3CC4)s2)c1. The smallest absolute Gasteiger partial charge is 0.421 e. The van der Waals surface area contributed by atoms with Gasteiger partial charge in [-0.25, -0.2) is 19.5 Å². The van der Waals surface area contributed by atoms with Crippen molar-refractivity contribution >= 4 is 28.3 Å². The summed E-state index contributed by atoms with van der Waals surface area (Å²) >= 11 is 1.56. The number of hydrogen-bond acceptors (Lipinski definition) is 9. The number of aromatic nitrogens is 1. The number of anilines is 1. The van der Waals surface area contributed by atoms with Crippen molar-refractivity contribution in [2.24, 2.45) is 0 Å². The zero-order valence-electron chi connectivity index (χ0n) is 15.3. The lowest BCUT2D eigenvalue weighted by Gasteiger charge is -2.35. The van der Waals surface area contributed by atoms with Crippen LogP contribution in [0.5, 0.6) is 5.75 Å². The average Bonchev–Trinajstić information content (AvgIpc) is 3.25. The highest BCUT2D eigenvalue weighted by Gasteiger charge is 2.57. The fourth-order valence-electron chi connectivity index (χ4n) is 4.10. The van der Waals surface area contributed by atoms with Gasteiger partial charge in [-0.2, -0.15) is 0 Å². The lowest BCUT2D eigenvalue weighted by Crippen LogP contribution is -2.54. The van der Waals surface area contributed by atoms with Gasteiger partial charge in [-0.15, -0.1) is 0 Å². The zero-order chi connectivity index (χ0) is 19.3. The van der Waals surface area contributed by atoms with E-state index in [1.165, 1.54) is 0 Å². The molecule has 0 unspecified atom stereocenters. The summed E-state index contributed by atoms with van der Waals surface area (Å²) in [5, 5.41) is 1.84. The van der Waals surface area contributed by atoms with Crippen molar-refractivity contribution in [1.82, 2.24) is 9.88 Å². The van der Waals surface area contributed by atoms with Gasteiger partial charge in [-0.1, -0.05) is 23.5 Å². The summed E-state index contributed by atoms with van der Waals surface area (Å²) in [6.07, 6.45) is 3.65. The Morgan fingerprint density at radius 3 is 2.68 bits per heavy atom. The molecule has 0 amide bonds. The predicted molar refractivity (Wildman–Crippen MR) is 101 cm³/mol. The van der Waals surface area contributed by atoms with Gasteiger partial charge in [0.2, 0.25) is 0 Å². The first kappa shape index (κ1) is 17.4. The van der Waals surface area contributed by atoms with E-state index < -0.39 is 17.8 Å². The molecule has 0 N–H and O–H groups in total. The van der Waals surface area contributed by atoms with Gasteiger partial charge >= 0.3 is 17.8 Å². The van der Waals surface area contributed by atoms with Gasteiger partial charge in [-0.05, 0) is 25.0 Å². The molecule has 1 spiro atoms. The van der Waals surface area contributed by atoms with E-state index in [1.807, 2.05) is 35.4 Å². The van der Waals surface area contributed by atoms with Gasteiger partial charge in [0.05, 0.1) is 13.3 Å². The summed E-state index contributed by atoms with van der Waals surface area (Å²) in [5.41, 5.74) is 0.979. The normalized spacial score (nSPS) is 25.5. The molecule has 4 saturated heterocycles. The van der Waals surface area contributed by atoms with E-state index in [0.29, 0.717) is 13.1 Å². The van der Waals surface area contributed by atoms with Crippen molar-refractivity contribution in [2.75, 3.05) is 31.6 Å². The molecule has 5 heterocycles. The van der Waals surface area contributed by atoms with E-state index in [1.54, 1.807) is 18.4 Å². The minimum absolute atomic E-state index is 0.284. The van der Waals surface area contributed by atoms with Crippen molar-refractivity contribution < 1.29 is 23.8 Å². The number of hydrogen-bond donors (Lipinski definition) is 0. The van der Waals surface area contributed by atoms with Gasteiger partial charge < -0.3 is 19.1 Å². The number of benzene rings is 1. The van der Waals surface area contributed by atoms with Crippen LogP contribution in [0.4, 0.5) is 5.00 Å². The molecule has 0 atom stereocenters. The van der Waals surface area contributed by atoms with E-state index in [-0.39, 0.29) is 12.6 Å². The lowest BCUT2D eigenvalue weighted by atomic mass is 10.1. The summed E-state index contributed by atoms with van der Waals surface area (Å²) in [4.78, 5) is 32.2. The summed E-state index contributed by atoms with van der Waals surface area (Å²) in [5.74, 6) is -2.41. The molecule has 0 aliphatic carbocycles. The number of fused-ring (bicyclic) bond motifs is 3. The summed E-state index contributed by atoms with van der Waals surface area (Å²) in [6, 6.07) is 8.05. The van der Waals surface area contributed by atoms with Crippen LogP contribution in [0.25, 0.3) is 10.6 Å². The molecule has 8 nitrogen and oxygen atoms in total. The topological polar surface area (TPSA) is 81.2 Å². The Balaban J connectivity index is 1.48. The predicted octanol–water partition coefficient (Wildman–Crippen LogP) is 1.86. The third-order valence-corrected chi connectivity index (χ3v) is 6.61. The first-order valence-electron chi connectivity index (χ1n) is 9.16. The van der Waals surface area contributed by atoms with Crippen LogP contribution < -0.4 is 9.64 Å². The molecule has 4 aliphatic heterocycles. The number of carbonyl (C=O) groups is 2. The van der Waals surface area contributed by atoms with Gasteiger partial charge in [0.25, 0.3) is 0 Å². The molecule has 0 radical (unpaired) electrons. The van der Waals surface area contributed by atoms with Gasteiger partial charge in [0.1, 0.15) is 22.3 Å². The standard InChI is InChI=1S/C19H19N3O5S/c1-25-14-4-2-3-12(9-14)16-20-10-15(28-16)22-11-19(26-17(23)18(24)27-19)21-7-5-13(22)6-8-21/h2-4,9-10,13H,5-8,11H2,1H3. The fourth-order valence-corrected chi connectivity index (χ4v) is 5.08. The Hall–Kier alpha value is -2.65. The second-order valence-electron chi connectivity index (χ2n) is 7.07. The van der Waals surface area contributed by atoms with Crippen molar-refractivity contribution in [3.63, 3.8) is 0 Å². The van der Waals surface area contributed by atoms with Crippen LogP contribution in [-0.4, -0.2) is 60.5 Å². The number of piperidine rings is 1. The van der Waals surface area contributed by atoms with Gasteiger partial charge in [0, 0.05) is 24.7 Å². The van der Waals surface area contributed by atoms with Crippen LogP contribution in [0.3, 0.4) is 0 Å². The Morgan fingerprint density at radius 1 is 1.21 bits per heavy atom. The van der Waals surface area contributed by atoms with E-state index in [4.69, 9.17) is 14.2 Å². The molecule has 2 bridgehead atoms. The molecular weight excluding hydrogens is 382 g/mol. The summed E-state index contributed by atoms with van der Waals surface area (Å²) in [7, 11) is 1.64. The number of nitrogens with zero attached hydrogens (tertiary/aromatic N) is 3. The van der Waals surface area contributed by atoms with Crippen LogP contribution in [0, 0.1) is 0 Å². The number of carbonyl (C=O) groups excluding carboxylic acids is 2. The molecule has 1 aromatic heterocycles. The van der Waals surface area contributed by atoms with Crippen LogP contribution in [0.15, 0.2) is 30.5 Å². The Morgan fingerprint density at radius 2 is 1.96 bits per heavy atom. The zero-order valence-corrected chi connectivity index (χ0v) is 16.1. The number of rotatable bonds is 3. The molecule has 28 heavy (non-hydrogen) atoms. The highest BCUT2D eigenvalue weighted by Crippen LogP contribution is 2.41. The van der Waals surface area contributed by atoms with Crippen molar-refractivity contribution in [1.29, 1.82) is 0 Å². The molecular formula is C19H19N3O5S. The minimum atomic E-state index is -1.33. The van der Waals surface area contributed by atoms with Crippen LogP contribution in [-0.2, 0) is 19.1 Å². The lowest BCUT2D eigenvalue weighted by molar-refractivity contribution is -0.241. The monoisotopic (exact) mass is 401 g/mol. The molecule has 9 heteroatoms. The van der Waals surface area contributed by atoms with Crippen LogP contribution in [0.1, 0.15) is 12.8 Å². The van der Waals surface area contributed by atoms with E-state index in [9.17, 15) is 9.59 Å². The van der Waals surface area contributed by atoms with E-state index in [0.717, 1.165) is 34.2 Å². The maximum Gasteiger partial charge on any atom is 0.421 e. The Labute approximate surface area is 165 Å². The quantitative estimate of drug-likeness (QED) is 0.570. The third-order valence-electron chi connectivity index (χ3n) is 5.52. The molecule has 0 saturated carbocycles. The number of ether oxygens (including phenoxy) is 3. The maximum atomic E-state index is 11.8. The average molecular weight is 401 g/mol. The van der Waals surface area contributed by atoms with Gasteiger partial charge in [0.15, 0.2) is 0 Å². The highest BCUT2D eigenvalue weighted by molar-refractivity contribution is 7.18. The van der Waals surface area contributed by atoms with E-state index >= 15 is 0 Å². The molecule has 146 valence electrons. The van der Waals surface area contributed by atoms with Crippen molar-refractivity contribution in [2.45, 2.75) is 24.8 Å². The van der Waals surface area contributed by atoms with Crippen molar-refractivity contribution in [3.8, 4) is 16.3 Å². The minimum Gasteiger partial charge on any atom is -0.497 e. The third kappa shape index (κ3) is 2.73. The molecule has 4 fully saturated rings. The molecule has 2 aromatic rings. The van der Waals surface area contributed by atoms with Crippen LogP contribution >= 0.6 is 11.3 Å². The van der Waals surface area contributed by atoms with E-state index in [2.05, 4.69) is 9.88 Å². The number of esters is 2. The number of thiazole rings is 1. The largest absolute Gasteiger partial charge is 0.497 e. The fraction of sp³-hybridized carbons (Fsp3) is 0.421. The molecule has 4 aliphatic rings. The molecule has 6 rings (SSSR count). The van der Waals surface area contributed by atoms with Crippen LogP contribution in [0.2, 0.25) is 0 Å². The first-order chi connectivity index (χ1) is 13.6. The highest BCUT2D eigenvalue weighted by atomic mass is 32.1. The summed E-state index contributed by atoms with van der Waals surface area (Å²) in [6.45, 7) is 1.71. The Kier molecular flexibility index (Phi) is 4.02. The van der Waals surface area contributed by atoms with Crippen molar-refractivity contribution in [3.05, 3.63) is 30.5 Å². The second kappa shape index (κ2) is 6.46. The second-order valence-corrected chi connectivity index (χ2v) is 8.08. The van der Waals surface area contributed by atoms with Gasteiger partial charge in [-0.3, -0.25) is 0 Å². The number of methoxy groups -OCH3 is 1. The first-order valence-corrected chi connectivity index (χ1v) is 9.98. The summed E-state index contributed by atoms with van der Waals surface area (Å²) < 4.78 is 16.2.